The zero-order valence-corrected chi connectivity index (χ0v) is 26.5. The Kier molecular flexibility index (Phi) is 9.42. The summed E-state index contributed by atoms with van der Waals surface area (Å²) in [6.45, 7) is 7.97. The van der Waals surface area contributed by atoms with Crippen LogP contribution in [0.3, 0.4) is 0 Å². The van der Waals surface area contributed by atoms with Gasteiger partial charge in [0.15, 0.2) is 10.6 Å². The lowest BCUT2D eigenvalue weighted by Crippen LogP contribution is -2.23. The number of thiazole rings is 1. The number of benzene rings is 3. The number of aromatic nitrogens is 4. The average Bonchev–Trinajstić information content (AvgIpc) is 3.63. The number of allylic oxidation sites excluding steroid dienone is 1. The number of methoxy groups -OCH3 is 1. The first-order valence-corrected chi connectivity index (χ1v) is 15.1. The highest BCUT2D eigenvalue weighted by atomic mass is 32.1. The number of hydrogen-bond acceptors (Lipinski definition) is 6. The van der Waals surface area contributed by atoms with Crippen molar-refractivity contribution in [3.05, 3.63) is 106 Å². The Hall–Kier alpha value is -5.17. The largest absolute Gasteiger partial charge is 0.573 e. The normalized spacial score (nSPS) is 12.5. The summed E-state index contributed by atoms with van der Waals surface area (Å²) in [6, 6.07) is 18.1. The molecular formula is C33H31F3N6O3S. The second kappa shape index (κ2) is 13.4. The number of alkyl halides is 3. The maximum Gasteiger partial charge on any atom is 0.573 e. The Morgan fingerprint density at radius 3 is 2.39 bits per heavy atom. The van der Waals surface area contributed by atoms with Crippen molar-refractivity contribution in [2.45, 2.75) is 40.0 Å². The molecule has 0 atom stereocenters. The third kappa shape index (κ3) is 7.72. The number of carbonyl (C=O) groups excluding carboxylic acids is 1. The van der Waals surface area contributed by atoms with E-state index in [4.69, 9.17) is 4.74 Å². The van der Waals surface area contributed by atoms with Crippen LogP contribution < -0.4 is 19.6 Å². The summed E-state index contributed by atoms with van der Waals surface area (Å²) in [5.74, 6) is 1.11. The monoisotopic (exact) mass is 648 g/mol. The number of rotatable bonds is 8. The van der Waals surface area contributed by atoms with Gasteiger partial charge in [-0.2, -0.15) is 4.99 Å². The first kappa shape index (κ1) is 32.2. The van der Waals surface area contributed by atoms with Crippen molar-refractivity contribution in [1.82, 2.24) is 24.6 Å². The quantitative estimate of drug-likeness (QED) is 0.185. The van der Waals surface area contributed by atoms with Gasteiger partial charge in [0.2, 0.25) is 0 Å². The molecule has 0 saturated carbocycles. The van der Waals surface area contributed by atoms with Crippen LogP contribution in [0.5, 0.6) is 11.5 Å². The zero-order chi connectivity index (χ0) is 33.0. The lowest BCUT2D eigenvalue weighted by atomic mass is 10.0. The molecule has 5 aromatic rings. The maximum absolute atomic E-state index is 12.9. The number of ether oxygens (including phenoxy) is 2. The highest BCUT2D eigenvalue weighted by Crippen LogP contribution is 2.28. The lowest BCUT2D eigenvalue weighted by molar-refractivity contribution is -0.274. The second-order valence-electron chi connectivity index (χ2n) is 10.6. The number of urea groups is 1. The van der Waals surface area contributed by atoms with Gasteiger partial charge in [0, 0.05) is 22.3 Å². The Balaban J connectivity index is 1.28. The van der Waals surface area contributed by atoms with Gasteiger partial charge in [-0.05, 0) is 79.4 Å². The van der Waals surface area contributed by atoms with E-state index in [9.17, 15) is 18.0 Å². The van der Waals surface area contributed by atoms with Crippen LogP contribution in [-0.4, -0.2) is 38.8 Å². The zero-order valence-electron chi connectivity index (χ0n) is 25.7. The topological polar surface area (TPSA) is 95.6 Å². The SMILES string of the molecule is COc1ccc(-n2c(C)csc2=NC(=O)N/C(C)=C/c2ccc(-c3ncn(-c4ccc(OC(F)(F)F)cc4)n3)cc2)c(C(C)C)c1. The maximum atomic E-state index is 12.9. The number of amides is 2. The van der Waals surface area contributed by atoms with Gasteiger partial charge in [-0.25, -0.2) is 14.5 Å². The highest BCUT2D eigenvalue weighted by Gasteiger charge is 2.31. The predicted octanol–water partition coefficient (Wildman–Crippen LogP) is 7.80. The molecular weight excluding hydrogens is 617 g/mol. The number of aryl methyl sites for hydroxylation is 1. The van der Waals surface area contributed by atoms with Gasteiger partial charge in [-0.3, -0.25) is 4.57 Å². The van der Waals surface area contributed by atoms with Crippen LogP contribution in [0, 0.1) is 6.92 Å². The van der Waals surface area contributed by atoms with Crippen molar-refractivity contribution in [1.29, 1.82) is 0 Å². The molecule has 0 bridgehead atoms. The summed E-state index contributed by atoms with van der Waals surface area (Å²) in [5.41, 5.74) is 5.69. The third-order valence-electron chi connectivity index (χ3n) is 6.86. The molecule has 0 fully saturated rings. The van der Waals surface area contributed by atoms with Gasteiger partial charge in [0.25, 0.3) is 0 Å². The molecule has 0 aliphatic rings. The summed E-state index contributed by atoms with van der Waals surface area (Å²) < 4.78 is 50.0. The van der Waals surface area contributed by atoms with E-state index in [2.05, 4.69) is 39.0 Å². The Morgan fingerprint density at radius 2 is 1.74 bits per heavy atom. The van der Waals surface area contributed by atoms with E-state index in [1.54, 1.807) is 14.0 Å². The molecule has 0 radical (unpaired) electrons. The molecule has 2 aromatic heterocycles. The summed E-state index contributed by atoms with van der Waals surface area (Å²) in [5, 5.41) is 9.23. The van der Waals surface area contributed by atoms with Crippen LogP contribution in [0.4, 0.5) is 18.0 Å². The molecule has 0 unspecified atom stereocenters. The Labute approximate surface area is 267 Å². The predicted molar refractivity (Wildman–Crippen MR) is 170 cm³/mol. The van der Waals surface area contributed by atoms with E-state index in [1.807, 2.05) is 65.4 Å². The number of halogens is 3. The van der Waals surface area contributed by atoms with E-state index in [-0.39, 0.29) is 11.7 Å². The number of hydrogen-bond donors (Lipinski definition) is 1. The van der Waals surface area contributed by atoms with Gasteiger partial charge in [0.05, 0.1) is 18.5 Å². The fourth-order valence-corrected chi connectivity index (χ4v) is 5.57. The van der Waals surface area contributed by atoms with Crippen LogP contribution >= 0.6 is 11.3 Å². The summed E-state index contributed by atoms with van der Waals surface area (Å²) in [4.78, 5) is 22.2. The van der Waals surface area contributed by atoms with Crippen LogP contribution in [0.1, 0.15) is 43.5 Å². The van der Waals surface area contributed by atoms with Gasteiger partial charge < -0.3 is 14.8 Å². The fraction of sp³-hybridized carbons (Fsp3) is 0.212. The van der Waals surface area contributed by atoms with E-state index in [0.717, 1.165) is 33.8 Å². The van der Waals surface area contributed by atoms with Crippen molar-refractivity contribution in [2.75, 3.05) is 7.11 Å². The molecule has 3 aromatic carbocycles. The first-order chi connectivity index (χ1) is 21.9. The summed E-state index contributed by atoms with van der Waals surface area (Å²) in [7, 11) is 1.64. The van der Waals surface area contributed by atoms with Crippen LogP contribution in [0.15, 0.2) is 89.1 Å². The fourth-order valence-electron chi connectivity index (χ4n) is 4.71. The summed E-state index contributed by atoms with van der Waals surface area (Å²) in [6.07, 6.45) is -1.46. The van der Waals surface area contributed by atoms with E-state index >= 15 is 0 Å². The Bertz CT molecular complexity index is 1940. The van der Waals surface area contributed by atoms with Crippen molar-refractivity contribution in [3.8, 4) is 34.3 Å². The molecule has 0 spiro atoms. The molecule has 1 N–H and O–H groups in total. The molecule has 0 aliphatic carbocycles. The highest BCUT2D eigenvalue weighted by molar-refractivity contribution is 7.07. The molecule has 9 nitrogen and oxygen atoms in total. The minimum atomic E-state index is -4.76. The van der Waals surface area contributed by atoms with Gasteiger partial charge >= 0.3 is 12.4 Å². The Morgan fingerprint density at radius 1 is 1.04 bits per heavy atom. The van der Waals surface area contributed by atoms with Gasteiger partial charge in [-0.1, -0.05) is 38.1 Å². The van der Waals surface area contributed by atoms with Crippen LogP contribution in [0.2, 0.25) is 0 Å². The van der Waals surface area contributed by atoms with Crippen molar-refractivity contribution in [3.63, 3.8) is 0 Å². The molecule has 0 saturated heterocycles. The molecule has 5 rings (SSSR count). The lowest BCUT2D eigenvalue weighted by Gasteiger charge is -2.16. The van der Waals surface area contributed by atoms with Gasteiger partial charge in [-0.15, -0.1) is 29.6 Å². The minimum absolute atomic E-state index is 0.226. The third-order valence-corrected chi connectivity index (χ3v) is 7.80. The van der Waals surface area contributed by atoms with E-state index in [0.29, 0.717) is 22.0 Å². The smallest absolute Gasteiger partial charge is 0.497 e. The number of carbonyl (C=O) groups is 1. The first-order valence-electron chi connectivity index (χ1n) is 14.2. The second-order valence-corrected chi connectivity index (χ2v) is 11.5. The van der Waals surface area contributed by atoms with Crippen molar-refractivity contribution in [2.24, 2.45) is 4.99 Å². The summed E-state index contributed by atoms with van der Waals surface area (Å²) >= 11 is 1.39. The molecule has 46 heavy (non-hydrogen) atoms. The molecule has 238 valence electrons. The van der Waals surface area contributed by atoms with Crippen molar-refractivity contribution >= 4 is 23.4 Å². The van der Waals surface area contributed by atoms with Crippen LogP contribution in [0.25, 0.3) is 28.8 Å². The molecule has 2 heterocycles. The molecule has 2 amide bonds. The number of nitrogens with zero attached hydrogens (tertiary/aromatic N) is 5. The van der Waals surface area contributed by atoms with Crippen LogP contribution in [-0.2, 0) is 0 Å². The standard InChI is InChI=1S/C33H31F3N6O3S/c1-20(2)28-17-27(44-5)14-15-29(28)42-22(4)18-46-32(42)39-31(43)38-21(3)16-23-6-8-24(9-7-23)30-37-19-41(40-30)25-10-12-26(13-11-25)45-33(34,35)36/h6-20H,1-5H3,(H,38,43)/b21-16+,39-32?. The van der Waals surface area contributed by atoms with Crippen molar-refractivity contribution < 1.29 is 27.4 Å². The number of nitrogens with one attached hydrogen (secondary N) is 1. The minimum Gasteiger partial charge on any atom is -0.497 e. The van der Waals surface area contributed by atoms with E-state index < -0.39 is 12.4 Å². The molecule has 13 heteroatoms. The van der Waals surface area contributed by atoms with E-state index in [1.165, 1.54) is 46.6 Å². The average molecular weight is 649 g/mol. The molecule has 0 aliphatic heterocycles. The van der Waals surface area contributed by atoms with Gasteiger partial charge in [0.1, 0.15) is 17.8 Å².